The summed E-state index contributed by atoms with van der Waals surface area (Å²) in [6.07, 6.45) is -0.727. The molecule has 0 fully saturated rings. The monoisotopic (exact) mass is 409 g/mol. The Hall–Kier alpha value is -2.54. The molecule has 1 heterocycles. The second kappa shape index (κ2) is 8.22. The van der Waals surface area contributed by atoms with Gasteiger partial charge in [-0.3, -0.25) is 0 Å². The lowest BCUT2D eigenvalue weighted by Gasteiger charge is -2.24. The van der Waals surface area contributed by atoms with E-state index in [1.54, 1.807) is 47.6 Å². The molecule has 8 heteroatoms. The summed E-state index contributed by atoms with van der Waals surface area (Å²) in [5.41, 5.74) is -0.278. The molecular weight excluding hydrogens is 386 g/mol. The number of alkyl carbamates (subject to hydrolysis) is 1. The van der Waals surface area contributed by atoms with E-state index < -0.39 is 29.3 Å². The van der Waals surface area contributed by atoms with Crippen molar-refractivity contribution < 1.29 is 23.5 Å². The molecule has 0 aliphatic heterocycles. The van der Waals surface area contributed by atoms with Crippen molar-refractivity contribution in [3.63, 3.8) is 0 Å². The number of hydrogen-bond donors (Lipinski definition) is 1. The van der Waals surface area contributed by atoms with Crippen molar-refractivity contribution in [2.75, 3.05) is 0 Å². The Bertz CT molecular complexity index is 958. The first-order valence-electron chi connectivity index (χ1n) is 8.82. The number of amides is 1. The van der Waals surface area contributed by atoms with Crippen molar-refractivity contribution in [1.82, 2.24) is 5.32 Å². The highest BCUT2D eigenvalue weighted by atomic mass is 35.5. The highest BCUT2D eigenvalue weighted by Gasteiger charge is 2.29. The molecule has 1 aromatic carbocycles. The number of aryl methyl sites for hydroxylation is 1. The van der Waals surface area contributed by atoms with Crippen LogP contribution in [-0.4, -0.2) is 23.7 Å². The van der Waals surface area contributed by atoms with Crippen LogP contribution in [-0.2, 0) is 9.53 Å². The maximum atomic E-state index is 12.6. The lowest BCUT2D eigenvalue weighted by molar-refractivity contribution is -0.137. The summed E-state index contributed by atoms with van der Waals surface area (Å²) in [7, 11) is 0. The molecule has 2 aromatic rings. The Balaban J connectivity index is 2.27. The van der Waals surface area contributed by atoms with Gasteiger partial charge in [-0.05, 0) is 45.2 Å². The third-order valence-electron chi connectivity index (χ3n) is 3.81. The van der Waals surface area contributed by atoms with Gasteiger partial charge in [0.25, 0.3) is 0 Å². The summed E-state index contributed by atoms with van der Waals surface area (Å²) >= 11 is 6.23. The zero-order valence-electron chi connectivity index (χ0n) is 16.7. The van der Waals surface area contributed by atoms with E-state index in [0.717, 1.165) is 0 Å². The molecule has 0 unspecified atom stereocenters. The number of hydrogen-bond acceptors (Lipinski definition) is 6. The summed E-state index contributed by atoms with van der Waals surface area (Å²) in [4.78, 5) is 36.3. The number of nitrogens with one attached hydrogen (secondary N) is 1. The normalized spacial score (nSPS) is 12.7. The van der Waals surface area contributed by atoms with E-state index >= 15 is 0 Å². The summed E-state index contributed by atoms with van der Waals surface area (Å²) < 4.78 is 15.7. The lowest BCUT2D eigenvalue weighted by Crippen LogP contribution is -2.48. The van der Waals surface area contributed by atoms with Crippen LogP contribution in [0.15, 0.2) is 27.4 Å². The van der Waals surface area contributed by atoms with Gasteiger partial charge in [0.05, 0.1) is 5.02 Å². The molecule has 0 aliphatic carbocycles. The van der Waals surface area contributed by atoms with E-state index in [1.165, 1.54) is 12.1 Å². The first-order valence-corrected chi connectivity index (χ1v) is 9.20. The van der Waals surface area contributed by atoms with E-state index in [2.05, 4.69) is 5.32 Å². The van der Waals surface area contributed by atoms with Crippen LogP contribution in [0.25, 0.3) is 11.0 Å². The van der Waals surface area contributed by atoms with E-state index in [4.69, 9.17) is 25.5 Å². The molecule has 1 amide bonds. The number of ether oxygens (including phenoxy) is 2. The number of benzene rings is 1. The number of carbonyl (C=O) groups is 2. The number of halogens is 1. The number of carbonyl (C=O) groups excluding carboxylic acids is 2. The molecule has 2 rings (SSSR count). The van der Waals surface area contributed by atoms with Crippen LogP contribution in [0.1, 0.15) is 40.2 Å². The molecule has 1 N–H and O–H groups in total. The average molecular weight is 410 g/mol. The Kier molecular flexibility index (Phi) is 6.39. The van der Waals surface area contributed by atoms with Crippen LogP contribution in [0.5, 0.6) is 5.75 Å². The van der Waals surface area contributed by atoms with E-state index in [0.29, 0.717) is 10.9 Å². The van der Waals surface area contributed by atoms with Gasteiger partial charge in [-0.1, -0.05) is 25.4 Å². The van der Waals surface area contributed by atoms with E-state index in [-0.39, 0.29) is 22.3 Å². The molecule has 0 bridgehead atoms. The van der Waals surface area contributed by atoms with Crippen LogP contribution < -0.4 is 15.7 Å². The van der Waals surface area contributed by atoms with Gasteiger partial charge in [0.15, 0.2) is 5.75 Å². The van der Waals surface area contributed by atoms with Crippen molar-refractivity contribution in [1.29, 1.82) is 0 Å². The minimum atomic E-state index is -0.953. The maximum Gasteiger partial charge on any atom is 0.408 e. The highest BCUT2D eigenvalue weighted by Crippen LogP contribution is 2.31. The first-order chi connectivity index (χ1) is 12.9. The maximum absolute atomic E-state index is 12.6. The van der Waals surface area contributed by atoms with Crippen LogP contribution >= 0.6 is 11.6 Å². The molecular formula is C20H24ClNO6. The van der Waals surface area contributed by atoms with Gasteiger partial charge in [-0.2, -0.15) is 0 Å². The standard InChI is InChI=1S/C20H24ClNO6/c1-10(2)17(22-19(25)28-20(4,5)6)18(24)27-15-9-14-12(8-13(15)21)11(3)7-16(23)26-14/h7-10,17H,1-6H3,(H,22,25)/t17-/m0/s1. The minimum absolute atomic E-state index is 0.0320. The molecule has 0 radical (unpaired) electrons. The topological polar surface area (TPSA) is 94.8 Å². The molecule has 0 saturated carbocycles. The molecule has 0 spiro atoms. The molecule has 28 heavy (non-hydrogen) atoms. The van der Waals surface area contributed by atoms with Crippen LogP contribution in [0.3, 0.4) is 0 Å². The predicted octanol–water partition coefficient (Wildman–Crippen LogP) is 4.21. The SMILES string of the molecule is Cc1cc(=O)oc2cc(OC(=O)[C@@H](NC(=O)OC(C)(C)C)C(C)C)c(Cl)cc12. The number of esters is 1. The van der Waals surface area contributed by atoms with Gasteiger partial charge in [-0.15, -0.1) is 0 Å². The fourth-order valence-electron chi connectivity index (χ4n) is 2.50. The highest BCUT2D eigenvalue weighted by molar-refractivity contribution is 6.33. The molecule has 0 saturated heterocycles. The minimum Gasteiger partial charge on any atom is -0.444 e. The van der Waals surface area contributed by atoms with Gasteiger partial charge < -0.3 is 19.2 Å². The van der Waals surface area contributed by atoms with Crippen LogP contribution in [0.4, 0.5) is 4.79 Å². The Morgan fingerprint density at radius 3 is 2.39 bits per heavy atom. The Morgan fingerprint density at radius 2 is 1.82 bits per heavy atom. The average Bonchev–Trinajstić information content (AvgIpc) is 2.52. The zero-order chi connectivity index (χ0) is 21.2. The quantitative estimate of drug-likeness (QED) is 0.461. The molecule has 1 aromatic heterocycles. The summed E-state index contributed by atoms with van der Waals surface area (Å²) in [5, 5.41) is 3.33. The number of fused-ring (bicyclic) bond motifs is 1. The number of rotatable bonds is 4. The zero-order valence-corrected chi connectivity index (χ0v) is 17.5. The fourth-order valence-corrected chi connectivity index (χ4v) is 2.70. The van der Waals surface area contributed by atoms with Crippen molar-refractivity contribution in [3.05, 3.63) is 39.2 Å². The largest absolute Gasteiger partial charge is 0.444 e. The third-order valence-corrected chi connectivity index (χ3v) is 4.10. The van der Waals surface area contributed by atoms with Crippen molar-refractivity contribution in [2.24, 2.45) is 5.92 Å². The Labute approximate surface area is 167 Å². The van der Waals surface area contributed by atoms with Gasteiger partial charge in [0.2, 0.25) is 0 Å². The Morgan fingerprint density at radius 1 is 1.18 bits per heavy atom. The first kappa shape index (κ1) is 21.8. The smallest absolute Gasteiger partial charge is 0.408 e. The summed E-state index contributed by atoms with van der Waals surface area (Å²) in [6, 6.07) is 3.34. The summed E-state index contributed by atoms with van der Waals surface area (Å²) in [6.45, 7) is 10.4. The predicted molar refractivity (Wildman–Crippen MR) is 106 cm³/mol. The molecule has 1 atom stereocenters. The van der Waals surface area contributed by atoms with Crippen molar-refractivity contribution in [2.45, 2.75) is 53.2 Å². The summed E-state index contributed by atoms with van der Waals surface area (Å²) in [5.74, 6) is -0.943. The van der Waals surface area contributed by atoms with Crippen molar-refractivity contribution >= 4 is 34.6 Å². The van der Waals surface area contributed by atoms with Gasteiger partial charge in [-0.25, -0.2) is 14.4 Å². The van der Waals surface area contributed by atoms with Crippen molar-refractivity contribution in [3.8, 4) is 5.75 Å². The lowest BCUT2D eigenvalue weighted by atomic mass is 10.1. The van der Waals surface area contributed by atoms with Gasteiger partial charge in [0.1, 0.15) is 17.2 Å². The van der Waals surface area contributed by atoms with E-state index in [9.17, 15) is 14.4 Å². The van der Waals surface area contributed by atoms with Crippen LogP contribution in [0.2, 0.25) is 5.02 Å². The van der Waals surface area contributed by atoms with Crippen LogP contribution in [0, 0.1) is 12.8 Å². The fraction of sp³-hybridized carbons (Fsp3) is 0.450. The van der Waals surface area contributed by atoms with Gasteiger partial charge >= 0.3 is 17.7 Å². The molecule has 152 valence electrons. The van der Waals surface area contributed by atoms with Gasteiger partial charge in [0, 0.05) is 17.5 Å². The third kappa shape index (κ3) is 5.48. The second-order valence-electron chi connectivity index (χ2n) is 7.82. The second-order valence-corrected chi connectivity index (χ2v) is 8.22. The molecule has 0 aliphatic rings. The van der Waals surface area contributed by atoms with E-state index in [1.807, 2.05) is 0 Å². The molecule has 7 nitrogen and oxygen atoms in total.